The predicted octanol–water partition coefficient (Wildman–Crippen LogP) is 3.60. The zero-order valence-corrected chi connectivity index (χ0v) is 14.6. The third-order valence-electron chi connectivity index (χ3n) is 3.58. The van der Waals surface area contributed by atoms with Crippen LogP contribution in [-0.2, 0) is 4.74 Å². The second-order valence-electron chi connectivity index (χ2n) is 6.56. The summed E-state index contributed by atoms with van der Waals surface area (Å²) in [6.45, 7) is 9.19. The fourth-order valence-electron chi connectivity index (χ4n) is 2.59. The van der Waals surface area contributed by atoms with Gasteiger partial charge in [-0.25, -0.2) is 9.78 Å². The van der Waals surface area contributed by atoms with E-state index < -0.39 is 5.60 Å². The van der Waals surface area contributed by atoms with Crippen molar-refractivity contribution in [1.29, 1.82) is 0 Å². The lowest BCUT2D eigenvalue weighted by Gasteiger charge is -2.37. The second kappa shape index (κ2) is 6.30. The number of hydrogen-bond donors (Lipinski definition) is 0. The third kappa shape index (κ3) is 4.40. The SMILES string of the molecule is CC1CN(C(=O)OC(C)(C)C)CCC1c1cnc(Br)cn1. The van der Waals surface area contributed by atoms with Gasteiger partial charge in [-0.15, -0.1) is 0 Å². The minimum atomic E-state index is -0.450. The van der Waals surface area contributed by atoms with Gasteiger partial charge in [0.1, 0.15) is 10.2 Å². The number of hydrogen-bond acceptors (Lipinski definition) is 4. The van der Waals surface area contributed by atoms with Crippen molar-refractivity contribution in [2.45, 2.75) is 45.6 Å². The monoisotopic (exact) mass is 355 g/mol. The molecule has 1 amide bonds. The van der Waals surface area contributed by atoms with E-state index >= 15 is 0 Å². The summed E-state index contributed by atoms with van der Waals surface area (Å²) in [6, 6.07) is 0. The molecule has 1 saturated heterocycles. The van der Waals surface area contributed by atoms with E-state index in [2.05, 4.69) is 32.8 Å². The Morgan fingerprint density at radius 1 is 1.38 bits per heavy atom. The molecule has 1 aliphatic heterocycles. The van der Waals surface area contributed by atoms with Gasteiger partial charge in [0.05, 0.1) is 18.1 Å². The molecule has 1 aromatic rings. The van der Waals surface area contributed by atoms with Crippen LogP contribution >= 0.6 is 15.9 Å². The molecule has 6 heteroatoms. The van der Waals surface area contributed by atoms with Gasteiger partial charge in [0.15, 0.2) is 0 Å². The maximum absolute atomic E-state index is 12.1. The van der Waals surface area contributed by atoms with Gasteiger partial charge in [-0.05, 0) is 49.0 Å². The molecule has 0 radical (unpaired) electrons. The lowest BCUT2D eigenvalue weighted by molar-refractivity contribution is 0.0153. The molecule has 0 aromatic carbocycles. The van der Waals surface area contributed by atoms with Crippen molar-refractivity contribution in [3.8, 4) is 0 Å². The van der Waals surface area contributed by atoms with Crippen LogP contribution in [0.5, 0.6) is 0 Å². The third-order valence-corrected chi connectivity index (χ3v) is 3.99. The van der Waals surface area contributed by atoms with Crippen LogP contribution in [0.25, 0.3) is 0 Å². The van der Waals surface area contributed by atoms with E-state index in [9.17, 15) is 4.79 Å². The van der Waals surface area contributed by atoms with Crippen molar-refractivity contribution in [1.82, 2.24) is 14.9 Å². The molecular weight excluding hydrogens is 334 g/mol. The molecule has 2 rings (SSSR count). The molecule has 5 nitrogen and oxygen atoms in total. The highest BCUT2D eigenvalue weighted by molar-refractivity contribution is 9.10. The van der Waals surface area contributed by atoms with E-state index in [4.69, 9.17) is 4.74 Å². The van der Waals surface area contributed by atoms with Crippen molar-refractivity contribution in [2.24, 2.45) is 5.92 Å². The Hall–Kier alpha value is -1.17. The molecule has 0 bridgehead atoms. The van der Waals surface area contributed by atoms with Gasteiger partial charge in [0.2, 0.25) is 0 Å². The van der Waals surface area contributed by atoms with E-state index in [1.165, 1.54) is 0 Å². The van der Waals surface area contributed by atoms with Crippen molar-refractivity contribution in [3.05, 3.63) is 22.7 Å². The molecule has 1 aliphatic rings. The Morgan fingerprint density at radius 3 is 2.62 bits per heavy atom. The summed E-state index contributed by atoms with van der Waals surface area (Å²) in [5, 5.41) is 0. The van der Waals surface area contributed by atoms with Gasteiger partial charge < -0.3 is 9.64 Å². The Morgan fingerprint density at radius 2 is 2.10 bits per heavy atom. The first-order chi connectivity index (χ1) is 9.76. The molecule has 1 aromatic heterocycles. The molecule has 2 atom stereocenters. The van der Waals surface area contributed by atoms with E-state index in [0.29, 0.717) is 24.9 Å². The van der Waals surface area contributed by atoms with Gasteiger partial charge >= 0.3 is 6.09 Å². The Labute approximate surface area is 134 Å². The first-order valence-corrected chi connectivity index (χ1v) is 8.01. The maximum Gasteiger partial charge on any atom is 0.410 e. The summed E-state index contributed by atoms with van der Waals surface area (Å²) in [5.41, 5.74) is 0.545. The number of amides is 1. The Balaban J connectivity index is 1.99. The zero-order chi connectivity index (χ0) is 15.6. The van der Waals surface area contributed by atoms with E-state index in [0.717, 1.165) is 16.7 Å². The van der Waals surface area contributed by atoms with Gasteiger partial charge in [-0.1, -0.05) is 6.92 Å². The number of carbonyl (C=O) groups excluding carboxylic acids is 1. The van der Waals surface area contributed by atoms with E-state index in [1.54, 1.807) is 11.1 Å². The molecule has 2 unspecified atom stereocenters. The van der Waals surface area contributed by atoms with E-state index in [-0.39, 0.29) is 6.09 Å². The van der Waals surface area contributed by atoms with Crippen LogP contribution in [0.15, 0.2) is 17.0 Å². The molecule has 2 heterocycles. The number of rotatable bonds is 1. The zero-order valence-electron chi connectivity index (χ0n) is 13.0. The highest BCUT2D eigenvalue weighted by Gasteiger charge is 2.32. The summed E-state index contributed by atoms with van der Waals surface area (Å²) in [4.78, 5) is 22.6. The quantitative estimate of drug-likeness (QED) is 0.772. The van der Waals surface area contributed by atoms with Crippen LogP contribution in [0.4, 0.5) is 4.79 Å². The van der Waals surface area contributed by atoms with Crippen molar-refractivity contribution < 1.29 is 9.53 Å². The van der Waals surface area contributed by atoms with Crippen LogP contribution in [0.2, 0.25) is 0 Å². The fourth-order valence-corrected chi connectivity index (χ4v) is 2.80. The van der Waals surface area contributed by atoms with Gasteiger partial charge in [-0.2, -0.15) is 0 Å². The van der Waals surface area contributed by atoms with Gasteiger partial charge in [0.25, 0.3) is 0 Å². The van der Waals surface area contributed by atoms with Crippen molar-refractivity contribution >= 4 is 22.0 Å². The maximum atomic E-state index is 12.1. The summed E-state index contributed by atoms with van der Waals surface area (Å²) in [5.74, 6) is 0.672. The van der Waals surface area contributed by atoms with Gasteiger partial charge in [-0.3, -0.25) is 4.98 Å². The van der Waals surface area contributed by atoms with Crippen molar-refractivity contribution in [3.63, 3.8) is 0 Å². The van der Waals surface area contributed by atoms with E-state index in [1.807, 2.05) is 27.0 Å². The standard InChI is InChI=1S/C15H22BrN3O2/c1-10-9-19(14(20)21-15(2,3)4)6-5-11(10)12-7-18-13(16)8-17-12/h7-8,10-11H,5-6,9H2,1-4H3. The number of aromatic nitrogens is 2. The molecule has 0 N–H and O–H groups in total. The highest BCUT2D eigenvalue weighted by atomic mass is 79.9. The first kappa shape index (κ1) is 16.2. The normalized spacial score (nSPS) is 23.0. The van der Waals surface area contributed by atoms with Crippen LogP contribution in [0, 0.1) is 5.92 Å². The topological polar surface area (TPSA) is 55.3 Å². The summed E-state index contributed by atoms with van der Waals surface area (Å²) >= 11 is 3.30. The molecule has 21 heavy (non-hydrogen) atoms. The number of halogens is 1. The van der Waals surface area contributed by atoms with Gasteiger partial charge in [0, 0.05) is 19.0 Å². The number of ether oxygens (including phenoxy) is 1. The number of carbonyl (C=O) groups is 1. The average Bonchev–Trinajstić information content (AvgIpc) is 2.38. The highest BCUT2D eigenvalue weighted by Crippen LogP contribution is 2.32. The van der Waals surface area contributed by atoms with Crippen LogP contribution in [0.1, 0.15) is 45.7 Å². The molecule has 116 valence electrons. The minimum Gasteiger partial charge on any atom is -0.444 e. The number of likely N-dealkylation sites (tertiary alicyclic amines) is 1. The summed E-state index contributed by atoms with van der Waals surface area (Å²) < 4.78 is 6.18. The lowest BCUT2D eigenvalue weighted by atomic mass is 9.85. The molecule has 0 aliphatic carbocycles. The Kier molecular flexibility index (Phi) is 4.86. The summed E-state index contributed by atoms with van der Waals surface area (Å²) in [7, 11) is 0. The number of nitrogens with zero attached hydrogens (tertiary/aromatic N) is 3. The lowest BCUT2D eigenvalue weighted by Crippen LogP contribution is -2.44. The molecule has 0 saturated carbocycles. The second-order valence-corrected chi connectivity index (χ2v) is 7.38. The smallest absolute Gasteiger partial charge is 0.410 e. The summed E-state index contributed by atoms with van der Waals surface area (Å²) in [6.07, 6.45) is 4.20. The average molecular weight is 356 g/mol. The predicted molar refractivity (Wildman–Crippen MR) is 84.1 cm³/mol. The largest absolute Gasteiger partial charge is 0.444 e. The minimum absolute atomic E-state index is 0.227. The Bertz CT molecular complexity index is 499. The van der Waals surface area contributed by atoms with Crippen molar-refractivity contribution in [2.75, 3.05) is 13.1 Å². The number of piperidine rings is 1. The van der Waals surface area contributed by atoms with Crippen LogP contribution in [0.3, 0.4) is 0 Å². The molecular formula is C15H22BrN3O2. The fraction of sp³-hybridized carbons (Fsp3) is 0.667. The first-order valence-electron chi connectivity index (χ1n) is 7.21. The molecule has 0 spiro atoms. The van der Waals surface area contributed by atoms with Crippen LogP contribution in [-0.4, -0.2) is 39.7 Å². The molecule has 1 fully saturated rings. The van der Waals surface area contributed by atoms with Crippen LogP contribution < -0.4 is 0 Å².